The lowest BCUT2D eigenvalue weighted by Crippen LogP contribution is -1.90. The van der Waals surface area contributed by atoms with E-state index < -0.39 is 0 Å². The molecule has 0 radical (unpaired) electrons. The second-order valence-electron chi connectivity index (χ2n) is 4.49. The maximum Gasteiger partial charge on any atom is 0.159 e. The van der Waals surface area contributed by atoms with Crippen LogP contribution in [0.15, 0.2) is 61.3 Å². The first-order valence-corrected chi connectivity index (χ1v) is 6.32. The zero-order valence-corrected chi connectivity index (χ0v) is 10.6. The van der Waals surface area contributed by atoms with Gasteiger partial charge in [-0.15, -0.1) is 0 Å². The van der Waals surface area contributed by atoms with Crippen LogP contribution in [-0.4, -0.2) is 19.9 Å². The number of rotatable bonds is 1. The molecule has 0 aliphatic heterocycles. The van der Waals surface area contributed by atoms with Crippen molar-refractivity contribution in [3.8, 4) is 11.3 Å². The van der Waals surface area contributed by atoms with Crippen molar-refractivity contribution in [2.45, 2.75) is 0 Å². The average Bonchev–Trinajstić information content (AvgIpc) is 2.54. The third-order valence-electron chi connectivity index (χ3n) is 3.33. The van der Waals surface area contributed by atoms with Gasteiger partial charge in [0, 0.05) is 52.7 Å². The van der Waals surface area contributed by atoms with Crippen LogP contribution in [0.2, 0.25) is 0 Å². The maximum absolute atomic E-state index is 4.54. The number of pyridine rings is 4. The number of aromatic nitrogens is 4. The fourth-order valence-corrected chi connectivity index (χ4v) is 2.42. The quantitative estimate of drug-likeness (QED) is 0.526. The lowest BCUT2D eigenvalue weighted by atomic mass is 10.0. The molecule has 94 valence electrons. The second kappa shape index (κ2) is 4.35. The Bertz CT molecular complexity index is 830. The minimum Gasteiger partial charge on any atom is -0.264 e. The van der Waals surface area contributed by atoms with Crippen LogP contribution in [0.1, 0.15) is 0 Å². The summed E-state index contributed by atoms with van der Waals surface area (Å²) in [5.74, 6) is 0. The molecular weight excluding hydrogens is 248 g/mol. The number of fused-ring (bicyclic) bond motifs is 2. The van der Waals surface area contributed by atoms with Gasteiger partial charge in [0.1, 0.15) is 0 Å². The van der Waals surface area contributed by atoms with E-state index in [4.69, 9.17) is 0 Å². The molecule has 0 aliphatic rings. The molecule has 0 aromatic carbocycles. The van der Waals surface area contributed by atoms with Crippen LogP contribution >= 0.6 is 0 Å². The van der Waals surface area contributed by atoms with Crippen molar-refractivity contribution in [2.75, 3.05) is 0 Å². The van der Waals surface area contributed by atoms with E-state index in [1.165, 1.54) is 0 Å². The van der Waals surface area contributed by atoms with Crippen LogP contribution in [0.4, 0.5) is 0 Å². The summed E-state index contributed by atoms with van der Waals surface area (Å²) >= 11 is 0. The molecule has 4 nitrogen and oxygen atoms in total. The molecule has 4 aromatic heterocycles. The van der Waals surface area contributed by atoms with Gasteiger partial charge in [-0.1, -0.05) is 0 Å². The summed E-state index contributed by atoms with van der Waals surface area (Å²) in [4.78, 5) is 17.3. The van der Waals surface area contributed by atoms with Crippen molar-refractivity contribution in [1.82, 2.24) is 19.9 Å². The molecule has 4 aromatic rings. The number of hydrogen-bond acceptors (Lipinski definition) is 4. The fraction of sp³-hybridized carbons (Fsp3) is 0. The minimum atomic E-state index is 0.734. The zero-order chi connectivity index (χ0) is 13.4. The molecule has 4 heteroatoms. The van der Waals surface area contributed by atoms with Gasteiger partial charge in [-0.25, -0.2) is 9.97 Å². The van der Waals surface area contributed by atoms with Gasteiger partial charge < -0.3 is 0 Å². The summed E-state index contributed by atoms with van der Waals surface area (Å²) in [7, 11) is 0. The Morgan fingerprint density at radius 3 is 2.60 bits per heavy atom. The van der Waals surface area contributed by atoms with Crippen LogP contribution in [0, 0.1) is 0 Å². The Labute approximate surface area is 115 Å². The molecule has 0 saturated heterocycles. The molecule has 0 aliphatic carbocycles. The Morgan fingerprint density at radius 1 is 0.700 bits per heavy atom. The summed E-state index contributed by atoms with van der Waals surface area (Å²) in [5.41, 5.74) is 2.71. The molecular formula is C16H10N4. The lowest BCUT2D eigenvalue weighted by molar-refractivity contribution is 1.28. The number of nitrogens with zero attached hydrogens (tertiary/aromatic N) is 4. The molecule has 0 fully saturated rings. The van der Waals surface area contributed by atoms with Crippen molar-refractivity contribution in [1.29, 1.82) is 0 Å². The smallest absolute Gasteiger partial charge is 0.159 e. The topological polar surface area (TPSA) is 51.6 Å². The third kappa shape index (κ3) is 1.62. The van der Waals surface area contributed by atoms with E-state index in [0.717, 1.165) is 33.1 Å². The van der Waals surface area contributed by atoms with Crippen LogP contribution in [-0.2, 0) is 0 Å². The van der Waals surface area contributed by atoms with E-state index in [9.17, 15) is 0 Å². The molecule has 20 heavy (non-hydrogen) atoms. The van der Waals surface area contributed by atoms with Crippen molar-refractivity contribution in [3.05, 3.63) is 61.3 Å². The minimum absolute atomic E-state index is 0.734. The van der Waals surface area contributed by atoms with E-state index >= 15 is 0 Å². The molecule has 0 amide bonds. The first kappa shape index (κ1) is 11.0. The molecule has 0 atom stereocenters. The summed E-state index contributed by atoms with van der Waals surface area (Å²) in [6.07, 6.45) is 8.96. The van der Waals surface area contributed by atoms with Gasteiger partial charge in [0.15, 0.2) is 5.65 Å². The Balaban J connectivity index is 2.12. The first-order chi connectivity index (χ1) is 9.93. The molecule has 0 unspecified atom stereocenters. The summed E-state index contributed by atoms with van der Waals surface area (Å²) in [6, 6.07) is 9.87. The van der Waals surface area contributed by atoms with Crippen LogP contribution < -0.4 is 0 Å². The van der Waals surface area contributed by atoms with Gasteiger partial charge in [-0.05, 0) is 30.3 Å². The Kier molecular flexibility index (Phi) is 2.39. The molecule has 4 rings (SSSR count). The van der Waals surface area contributed by atoms with Gasteiger partial charge in [0.2, 0.25) is 0 Å². The Morgan fingerprint density at radius 2 is 1.60 bits per heavy atom. The SMILES string of the molecule is c1cnc2nccc(-c3nccc4cnccc34)c2c1. The van der Waals surface area contributed by atoms with E-state index in [2.05, 4.69) is 19.9 Å². The van der Waals surface area contributed by atoms with Crippen molar-refractivity contribution in [2.24, 2.45) is 0 Å². The van der Waals surface area contributed by atoms with Crippen LogP contribution in [0.5, 0.6) is 0 Å². The van der Waals surface area contributed by atoms with E-state index in [-0.39, 0.29) is 0 Å². The first-order valence-electron chi connectivity index (χ1n) is 6.32. The van der Waals surface area contributed by atoms with Crippen molar-refractivity contribution >= 4 is 21.8 Å². The van der Waals surface area contributed by atoms with Crippen molar-refractivity contribution < 1.29 is 0 Å². The molecule has 0 bridgehead atoms. The maximum atomic E-state index is 4.54. The highest BCUT2D eigenvalue weighted by Crippen LogP contribution is 2.30. The van der Waals surface area contributed by atoms with Gasteiger partial charge in [-0.2, -0.15) is 0 Å². The Hall–Kier alpha value is -2.88. The highest BCUT2D eigenvalue weighted by molar-refractivity contribution is 6.01. The fourth-order valence-electron chi connectivity index (χ4n) is 2.42. The molecule has 4 heterocycles. The predicted molar refractivity (Wildman–Crippen MR) is 78.1 cm³/mol. The predicted octanol–water partition coefficient (Wildman–Crippen LogP) is 3.24. The summed E-state index contributed by atoms with van der Waals surface area (Å²) < 4.78 is 0. The normalized spacial score (nSPS) is 11.0. The lowest BCUT2D eigenvalue weighted by Gasteiger charge is -2.07. The van der Waals surface area contributed by atoms with Crippen LogP contribution in [0.25, 0.3) is 33.1 Å². The van der Waals surface area contributed by atoms with Crippen molar-refractivity contribution in [3.63, 3.8) is 0 Å². The molecule has 0 saturated carbocycles. The van der Waals surface area contributed by atoms with Gasteiger partial charge in [0.05, 0.1) is 5.69 Å². The van der Waals surface area contributed by atoms with Gasteiger partial charge >= 0.3 is 0 Å². The van der Waals surface area contributed by atoms with Gasteiger partial charge in [0.25, 0.3) is 0 Å². The van der Waals surface area contributed by atoms with E-state index in [1.807, 2.05) is 42.7 Å². The third-order valence-corrected chi connectivity index (χ3v) is 3.33. The molecule has 0 N–H and O–H groups in total. The highest BCUT2D eigenvalue weighted by atomic mass is 14.8. The van der Waals surface area contributed by atoms with Gasteiger partial charge in [-0.3, -0.25) is 9.97 Å². The molecule has 0 spiro atoms. The zero-order valence-electron chi connectivity index (χ0n) is 10.6. The monoisotopic (exact) mass is 258 g/mol. The summed E-state index contributed by atoms with van der Waals surface area (Å²) in [5, 5.41) is 3.16. The standard InChI is InChI=1S/C16H10N4/c1-2-14-13(5-9-20-16(14)19-6-1)15-12-4-7-17-10-11(12)3-8-18-15/h1-10H. The highest BCUT2D eigenvalue weighted by Gasteiger charge is 2.09. The van der Waals surface area contributed by atoms with E-state index in [0.29, 0.717) is 0 Å². The van der Waals surface area contributed by atoms with E-state index in [1.54, 1.807) is 18.6 Å². The summed E-state index contributed by atoms with van der Waals surface area (Å²) in [6.45, 7) is 0. The van der Waals surface area contributed by atoms with Crippen LogP contribution in [0.3, 0.4) is 0 Å². The number of hydrogen-bond donors (Lipinski definition) is 0. The average molecular weight is 258 g/mol. The second-order valence-corrected chi connectivity index (χ2v) is 4.49. The largest absolute Gasteiger partial charge is 0.264 e.